The van der Waals surface area contributed by atoms with Crippen LogP contribution in [0.1, 0.15) is 30.9 Å². The molecule has 0 radical (unpaired) electrons. The Bertz CT molecular complexity index is 523. The first-order valence-electron chi connectivity index (χ1n) is 6.83. The van der Waals surface area contributed by atoms with E-state index in [1.54, 1.807) is 7.11 Å². The Labute approximate surface area is 119 Å². The van der Waals surface area contributed by atoms with Gasteiger partial charge in [0.1, 0.15) is 5.82 Å². The second-order valence-corrected chi connectivity index (χ2v) is 4.58. The first-order chi connectivity index (χ1) is 9.78. The number of ether oxygens (including phenoxy) is 1. The Balaban J connectivity index is 2.13. The van der Waals surface area contributed by atoms with Crippen molar-refractivity contribution < 1.29 is 4.74 Å². The lowest BCUT2D eigenvalue weighted by molar-refractivity contribution is 0.389. The summed E-state index contributed by atoms with van der Waals surface area (Å²) in [6.07, 6.45) is 5.74. The highest BCUT2D eigenvalue weighted by Gasteiger charge is 2.15. The standard InChI is InChI=1S/C14H21N5O/c1-4-8-19-9-7-16-13(19)10-12(15-2)11-5-6-14(20-3)18-17-11/h5-7,9,12,15H,4,8,10H2,1-3H3. The van der Waals surface area contributed by atoms with Crippen molar-refractivity contribution in [1.82, 2.24) is 25.1 Å². The van der Waals surface area contributed by atoms with Crippen LogP contribution in [0.15, 0.2) is 24.5 Å². The molecule has 0 aliphatic rings. The van der Waals surface area contributed by atoms with Crippen molar-refractivity contribution in [3.63, 3.8) is 0 Å². The van der Waals surface area contributed by atoms with E-state index in [0.717, 1.165) is 30.9 Å². The Morgan fingerprint density at radius 1 is 1.35 bits per heavy atom. The quantitative estimate of drug-likeness (QED) is 0.831. The number of methoxy groups -OCH3 is 1. The highest BCUT2D eigenvalue weighted by molar-refractivity contribution is 5.15. The molecule has 2 heterocycles. The Hall–Kier alpha value is -1.95. The van der Waals surface area contributed by atoms with Gasteiger partial charge >= 0.3 is 0 Å². The highest BCUT2D eigenvalue weighted by Crippen LogP contribution is 2.16. The monoisotopic (exact) mass is 275 g/mol. The molecular formula is C14H21N5O. The van der Waals surface area contributed by atoms with Crippen molar-refractivity contribution in [3.8, 4) is 5.88 Å². The third kappa shape index (κ3) is 3.33. The number of nitrogens with zero attached hydrogens (tertiary/aromatic N) is 4. The number of likely N-dealkylation sites (N-methyl/N-ethyl adjacent to an activating group) is 1. The molecule has 108 valence electrons. The molecule has 2 rings (SSSR count). The van der Waals surface area contributed by atoms with Gasteiger partial charge in [-0.05, 0) is 19.5 Å². The van der Waals surface area contributed by atoms with Crippen molar-refractivity contribution in [2.24, 2.45) is 0 Å². The second kappa shape index (κ2) is 7.00. The summed E-state index contributed by atoms with van der Waals surface area (Å²) in [5, 5.41) is 11.5. The number of aromatic nitrogens is 4. The SMILES string of the molecule is CCCn1ccnc1CC(NC)c1ccc(OC)nn1. The first kappa shape index (κ1) is 14.5. The molecule has 1 atom stereocenters. The fourth-order valence-corrected chi connectivity index (χ4v) is 2.14. The molecule has 0 spiro atoms. The van der Waals surface area contributed by atoms with Gasteiger partial charge in [-0.1, -0.05) is 6.92 Å². The predicted octanol–water partition coefficient (Wildman–Crippen LogP) is 1.59. The fraction of sp³-hybridized carbons (Fsp3) is 0.500. The van der Waals surface area contributed by atoms with Crippen LogP contribution in [0.25, 0.3) is 0 Å². The van der Waals surface area contributed by atoms with Crippen LogP contribution in [0.3, 0.4) is 0 Å². The van der Waals surface area contributed by atoms with Crippen LogP contribution in [-0.2, 0) is 13.0 Å². The zero-order chi connectivity index (χ0) is 14.4. The summed E-state index contributed by atoms with van der Waals surface area (Å²) in [5.41, 5.74) is 0.888. The summed E-state index contributed by atoms with van der Waals surface area (Å²) < 4.78 is 7.21. The third-order valence-corrected chi connectivity index (χ3v) is 3.23. The number of hydrogen-bond acceptors (Lipinski definition) is 5. The Morgan fingerprint density at radius 2 is 2.20 bits per heavy atom. The van der Waals surface area contributed by atoms with Gasteiger partial charge in [0, 0.05) is 31.4 Å². The van der Waals surface area contributed by atoms with Crippen molar-refractivity contribution in [3.05, 3.63) is 36.0 Å². The van der Waals surface area contributed by atoms with E-state index >= 15 is 0 Å². The van der Waals surface area contributed by atoms with Gasteiger partial charge in [-0.25, -0.2) is 4.98 Å². The molecule has 2 aromatic rings. The molecule has 0 saturated heterocycles. The van der Waals surface area contributed by atoms with Crippen LogP contribution < -0.4 is 10.1 Å². The zero-order valence-corrected chi connectivity index (χ0v) is 12.2. The number of nitrogens with one attached hydrogen (secondary N) is 1. The molecule has 20 heavy (non-hydrogen) atoms. The largest absolute Gasteiger partial charge is 0.480 e. The topological polar surface area (TPSA) is 64.9 Å². The fourth-order valence-electron chi connectivity index (χ4n) is 2.14. The normalized spacial score (nSPS) is 12.3. The van der Waals surface area contributed by atoms with E-state index in [1.165, 1.54) is 0 Å². The number of hydrogen-bond donors (Lipinski definition) is 1. The molecule has 0 fully saturated rings. The maximum Gasteiger partial charge on any atom is 0.233 e. The van der Waals surface area contributed by atoms with Crippen molar-refractivity contribution in [2.45, 2.75) is 32.4 Å². The van der Waals surface area contributed by atoms with E-state index in [2.05, 4.69) is 32.0 Å². The van der Waals surface area contributed by atoms with E-state index in [1.807, 2.05) is 31.6 Å². The molecule has 0 saturated carbocycles. The van der Waals surface area contributed by atoms with Crippen LogP contribution in [0, 0.1) is 0 Å². The van der Waals surface area contributed by atoms with Crippen LogP contribution in [0.2, 0.25) is 0 Å². The molecule has 1 N–H and O–H groups in total. The summed E-state index contributed by atoms with van der Waals surface area (Å²) in [6.45, 7) is 3.15. The molecule has 2 aromatic heterocycles. The molecule has 6 heteroatoms. The molecule has 0 aromatic carbocycles. The number of aryl methyl sites for hydroxylation is 1. The van der Waals surface area contributed by atoms with Crippen molar-refractivity contribution in [1.29, 1.82) is 0 Å². The van der Waals surface area contributed by atoms with Gasteiger partial charge in [0.2, 0.25) is 5.88 Å². The Kier molecular flexibility index (Phi) is 5.06. The van der Waals surface area contributed by atoms with Crippen LogP contribution in [-0.4, -0.2) is 33.9 Å². The minimum absolute atomic E-state index is 0.0893. The molecule has 0 aliphatic carbocycles. The lowest BCUT2D eigenvalue weighted by Gasteiger charge is -2.16. The average molecular weight is 275 g/mol. The zero-order valence-electron chi connectivity index (χ0n) is 12.2. The summed E-state index contributed by atoms with van der Waals surface area (Å²) in [7, 11) is 3.50. The molecule has 0 bridgehead atoms. The molecular weight excluding hydrogens is 254 g/mol. The Morgan fingerprint density at radius 3 is 2.80 bits per heavy atom. The van der Waals surface area contributed by atoms with Crippen LogP contribution >= 0.6 is 0 Å². The highest BCUT2D eigenvalue weighted by atomic mass is 16.5. The second-order valence-electron chi connectivity index (χ2n) is 4.58. The maximum atomic E-state index is 5.03. The maximum absolute atomic E-state index is 5.03. The smallest absolute Gasteiger partial charge is 0.233 e. The molecule has 0 aliphatic heterocycles. The number of rotatable bonds is 7. The third-order valence-electron chi connectivity index (χ3n) is 3.23. The van der Waals surface area contributed by atoms with E-state index in [-0.39, 0.29) is 6.04 Å². The number of imidazole rings is 1. The molecule has 0 amide bonds. The van der Waals surface area contributed by atoms with Gasteiger partial charge in [0.15, 0.2) is 0 Å². The van der Waals surface area contributed by atoms with Crippen molar-refractivity contribution in [2.75, 3.05) is 14.2 Å². The van der Waals surface area contributed by atoms with E-state index in [9.17, 15) is 0 Å². The lowest BCUT2D eigenvalue weighted by atomic mass is 10.1. The molecule has 1 unspecified atom stereocenters. The van der Waals surface area contributed by atoms with Gasteiger partial charge < -0.3 is 14.6 Å². The molecule has 6 nitrogen and oxygen atoms in total. The van der Waals surface area contributed by atoms with Gasteiger partial charge in [-0.2, -0.15) is 5.10 Å². The first-order valence-corrected chi connectivity index (χ1v) is 6.83. The predicted molar refractivity (Wildman–Crippen MR) is 76.6 cm³/mol. The van der Waals surface area contributed by atoms with Gasteiger partial charge in [-0.15, -0.1) is 5.10 Å². The van der Waals surface area contributed by atoms with E-state index < -0.39 is 0 Å². The summed E-state index contributed by atoms with van der Waals surface area (Å²) in [4.78, 5) is 4.43. The van der Waals surface area contributed by atoms with Gasteiger partial charge in [-0.3, -0.25) is 0 Å². The van der Waals surface area contributed by atoms with Gasteiger partial charge in [0.25, 0.3) is 0 Å². The average Bonchev–Trinajstić information content (AvgIpc) is 2.92. The minimum Gasteiger partial charge on any atom is -0.480 e. The van der Waals surface area contributed by atoms with Crippen molar-refractivity contribution >= 4 is 0 Å². The van der Waals surface area contributed by atoms with E-state index in [4.69, 9.17) is 4.74 Å². The summed E-state index contributed by atoms with van der Waals surface area (Å²) in [6, 6.07) is 3.84. The van der Waals surface area contributed by atoms with E-state index in [0.29, 0.717) is 5.88 Å². The van der Waals surface area contributed by atoms with Gasteiger partial charge in [0.05, 0.1) is 18.8 Å². The summed E-state index contributed by atoms with van der Waals surface area (Å²) in [5.74, 6) is 1.58. The summed E-state index contributed by atoms with van der Waals surface area (Å²) >= 11 is 0. The minimum atomic E-state index is 0.0893. The lowest BCUT2D eigenvalue weighted by Crippen LogP contribution is -2.22. The van der Waals surface area contributed by atoms with Crippen LogP contribution in [0.5, 0.6) is 5.88 Å². The van der Waals surface area contributed by atoms with Crippen LogP contribution in [0.4, 0.5) is 0 Å².